The maximum atomic E-state index is 12.5. The van der Waals surface area contributed by atoms with Crippen LogP contribution in [0.2, 0.25) is 0 Å². The molecule has 116 valence electrons. The van der Waals surface area contributed by atoms with Crippen LogP contribution >= 0.6 is 23.4 Å². The summed E-state index contributed by atoms with van der Waals surface area (Å²) in [5.74, 6) is -0.0250. The van der Waals surface area contributed by atoms with Gasteiger partial charge in [0.25, 0.3) is 5.91 Å². The number of nitrogens with zero attached hydrogens (tertiary/aromatic N) is 1. The summed E-state index contributed by atoms with van der Waals surface area (Å²) in [6.45, 7) is 3.41. The van der Waals surface area contributed by atoms with Crippen LogP contribution in [0.25, 0.3) is 0 Å². The highest BCUT2D eigenvalue weighted by atomic mass is 35.5. The molecule has 0 spiro atoms. The molecule has 1 unspecified atom stereocenters. The molecule has 2 atom stereocenters. The van der Waals surface area contributed by atoms with Gasteiger partial charge in [0.15, 0.2) is 0 Å². The van der Waals surface area contributed by atoms with E-state index in [4.69, 9.17) is 11.6 Å². The number of thioether (sulfide) groups is 1. The summed E-state index contributed by atoms with van der Waals surface area (Å²) in [7, 11) is 1.88. The number of likely N-dealkylation sites (N-methyl/N-ethyl adjacent to an activating group) is 1. The van der Waals surface area contributed by atoms with Gasteiger partial charge in [0.2, 0.25) is 0 Å². The van der Waals surface area contributed by atoms with Crippen LogP contribution in [0, 0.1) is 0 Å². The Morgan fingerprint density at radius 2 is 2.38 bits per heavy atom. The van der Waals surface area contributed by atoms with Crippen molar-refractivity contribution in [2.24, 2.45) is 4.99 Å². The second kappa shape index (κ2) is 7.87. The minimum absolute atomic E-state index is 0.0250. The summed E-state index contributed by atoms with van der Waals surface area (Å²) in [5, 5.41) is 9.95. The lowest BCUT2D eigenvalue weighted by molar-refractivity contribution is -0.117. The molecule has 2 rings (SSSR count). The van der Waals surface area contributed by atoms with Gasteiger partial charge in [0, 0.05) is 18.8 Å². The standard InChI is InChI=1S/C14H21ClN4OS/c1-9-18-12(15)6-4-3-5-11-13(21-9)14(20)19-10(7-16-2)8-17-11/h4,6,9-10,16-17H,3,5,7-8H2,1-2H3,(H,19,20)/b6-4-,18-12+/t9?,10-/m1/s1. The van der Waals surface area contributed by atoms with E-state index >= 15 is 0 Å². The van der Waals surface area contributed by atoms with Gasteiger partial charge in [-0.2, -0.15) is 0 Å². The molecule has 2 heterocycles. The second-order valence-corrected chi connectivity index (χ2v) is 6.74. The van der Waals surface area contributed by atoms with E-state index in [0.29, 0.717) is 5.17 Å². The number of halogens is 1. The molecule has 7 heteroatoms. The minimum atomic E-state index is -0.0985. The molecule has 0 aromatic heterocycles. The Bertz CT molecular complexity index is 489. The first-order valence-corrected chi connectivity index (χ1v) is 8.35. The molecule has 2 aliphatic rings. The number of rotatable bonds is 2. The third kappa shape index (κ3) is 4.76. The maximum absolute atomic E-state index is 12.5. The fourth-order valence-corrected chi connectivity index (χ4v) is 3.57. The Morgan fingerprint density at radius 1 is 1.57 bits per heavy atom. The zero-order valence-electron chi connectivity index (χ0n) is 12.3. The van der Waals surface area contributed by atoms with Gasteiger partial charge in [-0.05, 0) is 32.9 Å². The first kappa shape index (κ1) is 16.4. The molecule has 1 amide bonds. The van der Waals surface area contributed by atoms with Crippen LogP contribution in [0.3, 0.4) is 0 Å². The van der Waals surface area contributed by atoms with Crippen molar-refractivity contribution in [2.75, 3.05) is 20.1 Å². The highest BCUT2D eigenvalue weighted by molar-refractivity contribution is 8.04. The summed E-state index contributed by atoms with van der Waals surface area (Å²) < 4.78 is 0. The van der Waals surface area contributed by atoms with Gasteiger partial charge in [-0.3, -0.25) is 9.79 Å². The summed E-state index contributed by atoms with van der Waals surface area (Å²) in [6.07, 6.45) is 5.45. The van der Waals surface area contributed by atoms with E-state index in [0.717, 1.165) is 36.5 Å². The van der Waals surface area contributed by atoms with E-state index in [9.17, 15) is 4.79 Å². The molecular formula is C14H21ClN4OS. The number of allylic oxidation sites excluding steroid dienone is 3. The fourth-order valence-electron chi connectivity index (χ4n) is 2.28. The van der Waals surface area contributed by atoms with Gasteiger partial charge < -0.3 is 16.0 Å². The minimum Gasteiger partial charge on any atom is -0.385 e. The lowest BCUT2D eigenvalue weighted by Crippen LogP contribution is -2.44. The monoisotopic (exact) mass is 328 g/mol. The quantitative estimate of drug-likeness (QED) is 0.720. The van der Waals surface area contributed by atoms with Crippen LogP contribution < -0.4 is 16.0 Å². The summed E-state index contributed by atoms with van der Waals surface area (Å²) in [5.41, 5.74) is 1.00. The van der Waals surface area contributed by atoms with Gasteiger partial charge in [0.1, 0.15) is 5.17 Å². The molecule has 21 heavy (non-hydrogen) atoms. The van der Waals surface area contributed by atoms with Crippen LogP contribution in [0.15, 0.2) is 27.7 Å². The molecular weight excluding hydrogens is 308 g/mol. The molecule has 0 saturated carbocycles. The van der Waals surface area contributed by atoms with E-state index < -0.39 is 0 Å². The highest BCUT2D eigenvalue weighted by Crippen LogP contribution is 2.29. The van der Waals surface area contributed by atoms with Crippen molar-refractivity contribution < 1.29 is 4.79 Å². The lowest BCUT2D eigenvalue weighted by atomic mass is 10.2. The van der Waals surface area contributed by atoms with Crippen LogP contribution in [-0.2, 0) is 4.79 Å². The van der Waals surface area contributed by atoms with Crippen LogP contribution in [0.4, 0.5) is 0 Å². The molecule has 2 aliphatic heterocycles. The number of nitrogens with one attached hydrogen (secondary N) is 3. The molecule has 0 radical (unpaired) electrons. The molecule has 0 fully saturated rings. The first-order valence-electron chi connectivity index (χ1n) is 7.09. The zero-order chi connectivity index (χ0) is 15.2. The number of amides is 1. The smallest absolute Gasteiger partial charge is 0.259 e. The van der Waals surface area contributed by atoms with Gasteiger partial charge >= 0.3 is 0 Å². The Balaban J connectivity index is 2.22. The molecule has 0 aliphatic carbocycles. The van der Waals surface area contributed by atoms with E-state index in [1.54, 1.807) is 0 Å². The van der Waals surface area contributed by atoms with E-state index in [-0.39, 0.29) is 17.3 Å². The van der Waals surface area contributed by atoms with Crippen molar-refractivity contribution in [1.82, 2.24) is 16.0 Å². The van der Waals surface area contributed by atoms with Crippen molar-refractivity contribution in [1.29, 1.82) is 0 Å². The average molecular weight is 329 g/mol. The molecule has 0 aromatic rings. The largest absolute Gasteiger partial charge is 0.385 e. The summed E-state index contributed by atoms with van der Waals surface area (Å²) in [6, 6.07) is 0.0821. The van der Waals surface area contributed by atoms with Crippen LogP contribution in [0.5, 0.6) is 0 Å². The van der Waals surface area contributed by atoms with Crippen molar-refractivity contribution in [2.45, 2.75) is 31.2 Å². The number of aliphatic imine (C=N–C) groups is 1. The Labute approximate surface area is 134 Å². The third-order valence-corrected chi connectivity index (χ3v) is 4.58. The topological polar surface area (TPSA) is 65.5 Å². The van der Waals surface area contributed by atoms with Crippen molar-refractivity contribution in [3.05, 3.63) is 22.8 Å². The lowest BCUT2D eigenvalue weighted by Gasteiger charge is -2.15. The molecule has 5 nitrogen and oxygen atoms in total. The fraction of sp³-hybridized carbons (Fsp3) is 0.571. The number of hydrogen-bond acceptors (Lipinski definition) is 5. The third-order valence-electron chi connectivity index (χ3n) is 3.24. The average Bonchev–Trinajstić information content (AvgIpc) is 2.56. The van der Waals surface area contributed by atoms with Crippen molar-refractivity contribution in [3.63, 3.8) is 0 Å². The summed E-state index contributed by atoms with van der Waals surface area (Å²) >= 11 is 7.48. The van der Waals surface area contributed by atoms with Gasteiger partial charge in [-0.15, -0.1) is 0 Å². The predicted octanol–water partition coefficient (Wildman–Crippen LogP) is 1.57. The second-order valence-electron chi connectivity index (χ2n) is 5.03. The van der Waals surface area contributed by atoms with E-state index in [2.05, 4.69) is 20.9 Å². The van der Waals surface area contributed by atoms with E-state index in [1.165, 1.54) is 11.8 Å². The zero-order valence-corrected chi connectivity index (χ0v) is 13.9. The highest BCUT2D eigenvalue weighted by Gasteiger charge is 2.25. The molecule has 3 N–H and O–H groups in total. The summed E-state index contributed by atoms with van der Waals surface area (Å²) in [4.78, 5) is 17.5. The number of carbonyl (C=O) groups excluding carboxylic acids is 1. The van der Waals surface area contributed by atoms with Gasteiger partial charge in [-0.1, -0.05) is 29.4 Å². The van der Waals surface area contributed by atoms with Crippen LogP contribution in [-0.4, -0.2) is 42.6 Å². The Kier molecular flexibility index (Phi) is 6.14. The van der Waals surface area contributed by atoms with Crippen molar-refractivity contribution >= 4 is 34.4 Å². The normalized spacial score (nSPS) is 31.2. The molecule has 0 aromatic carbocycles. The number of carbonyl (C=O) groups is 1. The SMILES string of the molecule is CNC[C@@H]1CNC2=C(SC(C)/N=C(Cl)\C=C/CC2)C(=O)N1. The predicted molar refractivity (Wildman–Crippen MR) is 89.6 cm³/mol. The first-order chi connectivity index (χ1) is 10.1. The van der Waals surface area contributed by atoms with E-state index in [1.807, 2.05) is 26.1 Å². The van der Waals surface area contributed by atoms with Gasteiger partial charge in [-0.25, -0.2) is 0 Å². The molecule has 0 saturated heterocycles. The van der Waals surface area contributed by atoms with Gasteiger partial charge in [0.05, 0.1) is 16.3 Å². The Hall–Kier alpha value is -0.980. The number of hydrogen-bond donors (Lipinski definition) is 3. The van der Waals surface area contributed by atoms with Crippen molar-refractivity contribution in [3.8, 4) is 0 Å². The molecule has 0 bridgehead atoms. The maximum Gasteiger partial charge on any atom is 0.259 e. The van der Waals surface area contributed by atoms with Crippen LogP contribution in [0.1, 0.15) is 19.8 Å². The Morgan fingerprint density at radius 3 is 3.14 bits per heavy atom.